The summed E-state index contributed by atoms with van der Waals surface area (Å²) < 4.78 is 28.2. The molecule has 5 nitrogen and oxygen atoms in total. The average molecular weight is 310 g/mol. The van der Waals surface area contributed by atoms with Crippen LogP contribution >= 0.6 is 15.9 Å². The maximum atomic E-state index is 11.3. The maximum absolute atomic E-state index is 11.3. The molecule has 0 unspecified atom stereocenters. The van der Waals surface area contributed by atoms with Gasteiger partial charge in [-0.3, -0.25) is 8.98 Å². The molecule has 0 saturated heterocycles. The standard InChI is InChI=1S/C9H12BrNO4S/c1-16(13,14)15-6-2-5-11-7-8(10)3-4-9(11)12/h3-4,7H,2,5-6H2,1H3. The summed E-state index contributed by atoms with van der Waals surface area (Å²) in [6.45, 7) is 0.506. The van der Waals surface area contributed by atoms with Crippen molar-refractivity contribution in [2.24, 2.45) is 0 Å². The summed E-state index contributed by atoms with van der Waals surface area (Å²) in [6.07, 6.45) is 3.12. The molecule has 0 radical (unpaired) electrons. The largest absolute Gasteiger partial charge is 0.314 e. The van der Waals surface area contributed by atoms with Gasteiger partial charge in [-0.15, -0.1) is 0 Å². The Morgan fingerprint density at radius 2 is 2.12 bits per heavy atom. The lowest BCUT2D eigenvalue weighted by Gasteiger charge is -2.05. The SMILES string of the molecule is CS(=O)(=O)OCCCn1cc(Br)ccc1=O. The van der Waals surface area contributed by atoms with E-state index in [9.17, 15) is 13.2 Å². The third-order valence-corrected chi connectivity index (χ3v) is 2.85. The third-order valence-electron chi connectivity index (χ3n) is 1.79. The van der Waals surface area contributed by atoms with E-state index in [1.54, 1.807) is 12.3 Å². The summed E-state index contributed by atoms with van der Waals surface area (Å²) in [6, 6.07) is 3.10. The highest BCUT2D eigenvalue weighted by atomic mass is 79.9. The van der Waals surface area contributed by atoms with Gasteiger partial charge in [-0.1, -0.05) is 0 Å². The van der Waals surface area contributed by atoms with Gasteiger partial charge < -0.3 is 4.57 Å². The Morgan fingerprint density at radius 3 is 2.75 bits per heavy atom. The third kappa shape index (κ3) is 4.91. The number of nitrogens with zero attached hydrogens (tertiary/aromatic N) is 1. The van der Waals surface area contributed by atoms with Gasteiger partial charge in [-0.05, 0) is 28.4 Å². The van der Waals surface area contributed by atoms with E-state index in [4.69, 9.17) is 0 Å². The zero-order valence-electron chi connectivity index (χ0n) is 8.72. The van der Waals surface area contributed by atoms with E-state index >= 15 is 0 Å². The molecule has 0 bridgehead atoms. The van der Waals surface area contributed by atoms with E-state index in [1.807, 2.05) is 0 Å². The Labute approximate surface area is 102 Å². The number of hydrogen-bond donors (Lipinski definition) is 0. The molecule has 0 atom stereocenters. The molecule has 1 rings (SSSR count). The number of aryl methyl sites for hydroxylation is 1. The van der Waals surface area contributed by atoms with Gasteiger partial charge in [0.15, 0.2) is 0 Å². The molecule has 90 valence electrons. The van der Waals surface area contributed by atoms with Crippen molar-refractivity contribution in [1.29, 1.82) is 0 Å². The highest BCUT2D eigenvalue weighted by Gasteiger charge is 2.01. The molecule has 0 aliphatic heterocycles. The molecule has 7 heteroatoms. The number of rotatable bonds is 5. The maximum Gasteiger partial charge on any atom is 0.264 e. The summed E-state index contributed by atoms with van der Waals surface area (Å²) >= 11 is 3.25. The van der Waals surface area contributed by atoms with Crippen LogP contribution < -0.4 is 5.56 Å². The molecule has 0 amide bonds. The van der Waals surface area contributed by atoms with E-state index in [0.29, 0.717) is 13.0 Å². The molecule has 1 heterocycles. The lowest BCUT2D eigenvalue weighted by molar-refractivity contribution is 0.306. The van der Waals surface area contributed by atoms with Crippen LogP contribution in [0.2, 0.25) is 0 Å². The van der Waals surface area contributed by atoms with Gasteiger partial charge in [0.05, 0.1) is 12.9 Å². The molecular formula is C9H12BrNO4S. The highest BCUT2D eigenvalue weighted by Crippen LogP contribution is 2.05. The number of hydrogen-bond acceptors (Lipinski definition) is 4. The first-order valence-corrected chi connectivity index (χ1v) is 7.20. The van der Waals surface area contributed by atoms with Crippen LogP contribution in [0.25, 0.3) is 0 Å². The number of pyridine rings is 1. The Balaban J connectivity index is 2.49. The van der Waals surface area contributed by atoms with Crippen molar-refractivity contribution in [2.75, 3.05) is 12.9 Å². The van der Waals surface area contributed by atoms with Gasteiger partial charge in [-0.2, -0.15) is 8.42 Å². The van der Waals surface area contributed by atoms with Crippen LogP contribution in [0, 0.1) is 0 Å². The first-order valence-electron chi connectivity index (χ1n) is 4.59. The van der Waals surface area contributed by atoms with Crippen LogP contribution in [-0.2, 0) is 20.8 Å². The van der Waals surface area contributed by atoms with Crippen molar-refractivity contribution in [3.05, 3.63) is 33.2 Å². The van der Waals surface area contributed by atoms with Gasteiger partial charge in [-0.25, -0.2) is 0 Å². The predicted molar refractivity (Wildman–Crippen MR) is 63.8 cm³/mol. The second-order valence-corrected chi connectivity index (χ2v) is 5.82. The minimum Gasteiger partial charge on any atom is -0.314 e. The van der Waals surface area contributed by atoms with Crippen molar-refractivity contribution >= 4 is 26.0 Å². The minimum absolute atomic E-state index is 0.0811. The van der Waals surface area contributed by atoms with Crippen LogP contribution in [0.5, 0.6) is 0 Å². The molecule has 1 aromatic rings. The van der Waals surface area contributed by atoms with E-state index in [0.717, 1.165) is 10.7 Å². The van der Waals surface area contributed by atoms with Crippen LogP contribution in [0.3, 0.4) is 0 Å². The molecule has 16 heavy (non-hydrogen) atoms. The van der Waals surface area contributed by atoms with E-state index in [1.165, 1.54) is 10.6 Å². The topological polar surface area (TPSA) is 65.4 Å². The summed E-state index contributed by atoms with van der Waals surface area (Å²) in [5, 5.41) is 0. The van der Waals surface area contributed by atoms with E-state index < -0.39 is 10.1 Å². The quantitative estimate of drug-likeness (QED) is 0.600. The summed E-state index contributed by atoms with van der Waals surface area (Å²) in [4.78, 5) is 11.3. The zero-order chi connectivity index (χ0) is 12.2. The number of aromatic nitrogens is 1. The molecule has 0 aromatic carbocycles. The lowest BCUT2D eigenvalue weighted by Crippen LogP contribution is -2.19. The van der Waals surface area contributed by atoms with Crippen LogP contribution in [0.4, 0.5) is 0 Å². The first kappa shape index (κ1) is 13.4. The normalized spacial score (nSPS) is 11.6. The first-order chi connectivity index (χ1) is 7.38. The Kier molecular flexibility index (Phi) is 4.69. The van der Waals surface area contributed by atoms with E-state index in [2.05, 4.69) is 20.1 Å². The molecule has 0 aliphatic rings. The van der Waals surface area contributed by atoms with Crippen molar-refractivity contribution < 1.29 is 12.6 Å². The summed E-state index contributed by atoms with van der Waals surface area (Å²) in [5.41, 5.74) is -0.123. The van der Waals surface area contributed by atoms with Crippen molar-refractivity contribution in [3.8, 4) is 0 Å². The molecule has 0 spiro atoms. The fourth-order valence-corrected chi connectivity index (χ4v) is 1.92. The lowest BCUT2D eigenvalue weighted by atomic mass is 10.4. The zero-order valence-corrected chi connectivity index (χ0v) is 11.1. The average Bonchev–Trinajstić information content (AvgIpc) is 2.16. The van der Waals surface area contributed by atoms with Gasteiger partial charge in [0.2, 0.25) is 0 Å². The van der Waals surface area contributed by atoms with Gasteiger partial charge >= 0.3 is 0 Å². The molecule has 0 N–H and O–H groups in total. The molecule has 0 aliphatic carbocycles. The highest BCUT2D eigenvalue weighted by molar-refractivity contribution is 9.10. The Hall–Kier alpha value is -0.660. The monoisotopic (exact) mass is 309 g/mol. The summed E-state index contributed by atoms with van der Waals surface area (Å²) in [7, 11) is -3.39. The van der Waals surface area contributed by atoms with Crippen molar-refractivity contribution in [3.63, 3.8) is 0 Å². The smallest absolute Gasteiger partial charge is 0.264 e. The van der Waals surface area contributed by atoms with E-state index in [-0.39, 0.29) is 12.2 Å². The number of halogens is 1. The van der Waals surface area contributed by atoms with Gasteiger partial charge in [0.1, 0.15) is 0 Å². The molecule has 1 aromatic heterocycles. The summed E-state index contributed by atoms with van der Waals surface area (Å²) in [5.74, 6) is 0. The Morgan fingerprint density at radius 1 is 1.44 bits per heavy atom. The molecule has 0 fully saturated rings. The van der Waals surface area contributed by atoms with Gasteiger partial charge in [0, 0.05) is 23.3 Å². The molecular weight excluding hydrogens is 298 g/mol. The second kappa shape index (κ2) is 5.60. The van der Waals surface area contributed by atoms with Crippen molar-refractivity contribution in [1.82, 2.24) is 4.57 Å². The Bertz CT molecular complexity index is 508. The molecule has 0 saturated carbocycles. The van der Waals surface area contributed by atoms with Crippen LogP contribution in [0.1, 0.15) is 6.42 Å². The van der Waals surface area contributed by atoms with Crippen LogP contribution in [0.15, 0.2) is 27.6 Å². The fourth-order valence-electron chi connectivity index (χ4n) is 1.12. The van der Waals surface area contributed by atoms with Crippen LogP contribution in [-0.4, -0.2) is 25.8 Å². The van der Waals surface area contributed by atoms with Gasteiger partial charge in [0.25, 0.3) is 15.7 Å². The predicted octanol–water partition coefficient (Wildman–Crippen LogP) is 0.977. The minimum atomic E-state index is -3.39. The second-order valence-electron chi connectivity index (χ2n) is 3.26. The van der Waals surface area contributed by atoms with Crippen molar-refractivity contribution in [2.45, 2.75) is 13.0 Å². The fraction of sp³-hybridized carbons (Fsp3) is 0.444.